The molecule has 1 heterocycles. The van der Waals surface area contributed by atoms with Crippen LogP contribution in [0.1, 0.15) is 49.9 Å². The molecule has 2 atom stereocenters. The van der Waals surface area contributed by atoms with E-state index >= 15 is 0 Å². The maximum Gasteiger partial charge on any atom is 0.287 e. The third-order valence-electron chi connectivity index (χ3n) is 3.60. The second kappa shape index (κ2) is 8.37. The molecule has 1 aromatic heterocycles. The normalized spacial score (nSPS) is 13.2. The number of ether oxygens (including phenoxy) is 1. The fraction of sp³-hybridized carbons (Fsp3) is 0.368. The van der Waals surface area contributed by atoms with E-state index in [1.807, 2.05) is 45.0 Å². The minimum absolute atomic E-state index is 0.113. The summed E-state index contributed by atoms with van der Waals surface area (Å²) < 4.78 is 10.6. The van der Waals surface area contributed by atoms with Crippen molar-refractivity contribution in [3.05, 3.63) is 54.0 Å². The van der Waals surface area contributed by atoms with E-state index < -0.39 is 11.9 Å². The number of nitrogens with one attached hydrogen (secondary N) is 2. The van der Waals surface area contributed by atoms with Gasteiger partial charge >= 0.3 is 0 Å². The number of rotatable bonds is 7. The maximum atomic E-state index is 12.3. The standard InChI is InChI=1S/C19H24N2O4/c1-12(2)25-16-9-7-15(8-10-16)13(3)20-18(22)14(4)21-19(23)17-6-5-11-24-17/h5-14H,1-4H3,(H,20,22)(H,21,23). The van der Waals surface area contributed by atoms with Gasteiger partial charge in [-0.2, -0.15) is 0 Å². The van der Waals surface area contributed by atoms with Gasteiger partial charge in [0.25, 0.3) is 5.91 Å². The molecule has 1 aromatic carbocycles. The molecule has 6 nitrogen and oxygen atoms in total. The number of furan rings is 1. The monoisotopic (exact) mass is 344 g/mol. The Morgan fingerprint density at radius 1 is 1.00 bits per heavy atom. The first-order chi connectivity index (χ1) is 11.9. The van der Waals surface area contributed by atoms with Gasteiger partial charge in [0.1, 0.15) is 11.8 Å². The lowest BCUT2D eigenvalue weighted by Gasteiger charge is -2.19. The van der Waals surface area contributed by atoms with Gasteiger partial charge in [0.2, 0.25) is 5.91 Å². The van der Waals surface area contributed by atoms with Crippen LogP contribution < -0.4 is 15.4 Å². The smallest absolute Gasteiger partial charge is 0.287 e. The average molecular weight is 344 g/mol. The minimum atomic E-state index is -0.677. The van der Waals surface area contributed by atoms with Crippen molar-refractivity contribution in [2.45, 2.75) is 45.9 Å². The van der Waals surface area contributed by atoms with E-state index in [9.17, 15) is 9.59 Å². The Kier molecular flexibility index (Phi) is 6.22. The quantitative estimate of drug-likeness (QED) is 0.809. The summed E-state index contributed by atoms with van der Waals surface area (Å²) in [6.07, 6.45) is 1.52. The first-order valence-electron chi connectivity index (χ1n) is 8.28. The molecule has 2 amide bonds. The zero-order valence-electron chi connectivity index (χ0n) is 14.9. The topological polar surface area (TPSA) is 80.6 Å². The molecule has 0 saturated carbocycles. The molecule has 134 valence electrons. The number of hydrogen-bond acceptors (Lipinski definition) is 4. The van der Waals surface area contributed by atoms with Gasteiger partial charge in [-0.25, -0.2) is 0 Å². The lowest BCUT2D eigenvalue weighted by Crippen LogP contribution is -2.45. The van der Waals surface area contributed by atoms with Crippen LogP contribution in [0.25, 0.3) is 0 Å². The van der Waals surface area contributed by atoms with E-state index in [1.54, 1.807) is 19.1 Å². The third-order valence-corrected chi connectivity index (χ3v) is 3.60. The SMILES string of the molecule is CC(C)Oc1ccc(C(C)NC(=O)C(C)NC(=O)c2ccco2)cc1. The molecule has 2 N–H and O–H groups in total. The first kappa shape index (κ1) is 18.6. The fourth-order valence-corrected chi connectivity index (χ4v) is 2.27. The van der Waals surface area contributed by atoms with E-state index in [0.29, 0.717) is 0 Å². The number of carbonyl (C=O) groups excluding carboxylic acids is 2. The summed E-state index contributed by atoms with van der Waals surface area (Å²) in [6.45, 7) is 7.45. The van der Waals surface area contributed by atoms with Crippen LogP contribution in [0.3, 0.4) is 0 Å². The summed E-state index contributed by atoms with van der Waals surface area (Å²) in [5, 5.41) is 5.49. The van der Waals surface area contributed by atoms with Gasteiger partial charge in [-0.3, -0.25) is 9.59 Å². The van der Waals surface area contributed by atoms with Crippen LogP contribution in [-0.2, 0) is 4.79 Å². The Labute approximate surface area is 147 Å². The summed E-state index contributed by atoms with van der Waals surface area (Å²) in [5.74, 6) is 0.273. The van der Waals surface area contributed by atoms with Crippen molar-refractivity contribution >= 4 is 11.8 Å². The Morgan fingerprint density at radius 3 is 2.24 bits per heavy atom. The molecule has 2 rings (SSSR count). The average Bonchev–Trinajstić information content (AvgIpc) is 3.09. The molecule has 0 aliphatic rings. The van der Waals surface area contributed by atoms with Crippen molar-refractivity contribution in [1.82, 2.24) is 10.6 Å². The zero-order valence-corrected chi connectivity index (χ0v) is 14.9. The molecule has 2 aromatic rings. The molecular formula is C19H24N2O4. The van der Waals surface area contributed by atoms with Crippen molar-refractivity contribution in [3.63, 3.8) is 0 Å². The van der Waals surface area contributed by atoms with Crippen LogP contribution in [-0.4, -0.2) is 24.0 Å². The number of carbonyl (C=O) groups is 2. The fourth-order valence-electron chi connectivity index (χ4n) is 2.27. The van der Waals surface area contributed by atoms with Gasteiger partial charge in [-0.15, -0.1) is 0 Å². The minimum Gasteiger partial charge on any atom is -0.491 e. The van der Waals surface area contributed by atoms with Crippen molar-refractivity contribution in [1.29, 1.82) is 0 Å². The summed E-state index contributed by atoms with van der Waals surface area (Å²) >= 11 is 0. The van der Waals surface area contributed by atoms with Gasteiger partial charge in [0.15, 0.2) is 5.76 Å². The van der Waals surface area contributed by atoms with Gasteiger partial charge in [-0.1, -0.05) is 12.1 Å². The second-order valence-corrected chi connectivity index (χ2v) is 6.14. The summed E-state index contributed by atoms with van der Waals surface area (Å²) in [7, 11) is 0. The van der Waals surface area contributed by atoms with Crippen LogP contribution in [0.5, 0.6) is 5.75 Å². The lowest BCUT2D eigenvalue weighted by atomic mass is 10.1. The van der Waals surface area contributed by atoms with Crippen LogP contribution in [0.4, 0.5) is 0 Å². The van der Waals surface area contributed by atoms with Crippen LogP contribution in [0.15, 0.2) is 47.1 Å². The molecule has 6 heteroatoms. The highest BCUT2D eigenvalue weighted by Crippen LogP contribution is 2.18. The van der Waals surface area contributed by atoms with Crippen molar-refractivity contribution in [2.75, 3.05) is 0 Å². The highest BCUT2D eigenvalue weighted by Gasteiger charge is 2.20. The lowest BCUT2D eigenvalue weighted by molar-refractivity contribution is -0.123. The Hall–Kier alpha value is -2.76. The molecular weight excluding hydrogens is 320 g/mol. The Balaban J connectivity index is 1.89. The number of hydrogen-bond donors (Lipinski definition) is 2. The van der Waals surface area contributed by atoms with Gasteiger partial charge in [-0.05, 0) is 57.5 Å². The van der Waals surface area contributed by atoms with Gasteiger partial charge in [0, 0.05) is 0 Å². The second-order valence-electron chi connectivity index (χ2n) is 6.14. The molecule has 2 unspecified atom stereocenters. The molecule has 0 aliphatic carbocycles. The highest BCUT2D eigenvalue weighted by atomic mass is 16.5. The van der Waals surface area contributed by atoms with Gasteiger partial charge in [0.05, 0.1) is 18.4 Å². The number of amides is 2. The summed E-state index contributed by atoms with van der Waals surface area (Å²) in [6, 6.07) is 9.87. The van der Waals surface area contributed by atoms with Crippen molar-refractivity contribution < 1.29 is 18.7 Å². The Morgan fingerprint density at radius 2 is 1.68 bits per heavy atom. The molecule has 0 radical (unpaired) electrons. The molecule has 0 aliphatic heterocycles. The molecule has 0 fully saturated rings. The Bertz CT molecular complexity index is 693. The molecule has 25 heavy (non-hydrogen) atoms. The molecule has 0 bridgehead atoms. The summed E-state index contributed by atoms with van der Waals surface area (Å²) in [5.41, 5.74) is 0.953. The van der Waals surface area contributed by atoms with E-state index in [2.05, 4.69) is 10.6 Å². The van der Waals surface area contributed by atoms with Crippen LogP contribution in [0.2, 0.25) is 0 Å². The van der Waals surface area contributed by atoms with E-state index in [0.717, 1.165) is 11.3 Å². The number of benzene rings is 1. The van der Waals surface area contributed by atoms with Crippen LogP contribution in [0, 0.1) is 0 Å². The van der Waals surface area contributed by atoms with Crippen molar-refractivity contribution in [3.8, 4) is 5.75 Å². The van der Waals surface area contributed by atoms with E-state index in [1.165, 1.54) is 6.26 Å². The van der Waals surface area contributed by atoms with Gasteiger partial charge < -0.3 is 19.8 Å². The zero-order chi connectivity index (χ0) is 18.4. The summed E-state index contributed by atoms with van der Waals surface area (Å²) in [4.78, 5) is 24.2. The first-order valence-corrected chi connectivity index (χ1v) is 8.28. The maximum absolute atomic E-state index is 12.3. The molecule has 0 spiro atoms. The van der Waals surface area contributed by atoms with Crippen molar-refractivity contribution in [2.24, 2.45) is 0 Å². The van der Waals surface area contributed by atoms with Crippen LogP contribution >= 0.6 is 0 Å². The highest BCUT2D eigenvalue weighted by molar-refractivity contribution is 5.95. The van der Waals surface area contributed by atoms with E-state index in [-0.39, 0.29) is 23.8 Å². The third kappa shape index (κ3) is 5.38. The predicted octanol–water partition coefficient (Wildman–Crippen LogP) is 3.06. The predicted molar refractivity (Wildman–Crippen MR) is 94.4 cm³/mol. The molecule has 0 saturated heterocycles. The van der Waals surface area contributed by atoms with E-state index in [4.69, 9.17) is 9.15 Å². The largest absolute Gasteiger partial charge is 0.491 e.